The Balaban J connectivity index is 0.00000280. The van der Waals surface area contributed by atoms with Crippen molar-refractivity contribution < 1.29 is 9.84 Å². The number of aliphatic hydroxyl groups is 1. The predicted molar refractivity (Wildman–Crippen MR) is 126 cm³/mol. The molecule has 1 aromatic carbocycles. The van der Waals surface area contributed by atoms with E-state index in [9.17, 15) is 5.11 Å². The molecule has 0 amide bonds. The lowest BCUT2D eigenvalue weighted by atomic mass is 9.84. The first-order valence-electron chi connectivity index (χ1n) is 10.0. The third kappa shape index (κ3) is 6.09. The number of hydrogen-bond donors (Lipinski definition) is 4. The number of para-hydroxylation sites is 1. The van der Waals surface area contributed by atoms with Crippen LogP contribution in [0, 0.1) is 5.41 Å². The van der Waals surface area contributed by atoms with Crippen molar-refractivity contribution >= 4 is 40.8 Å². The number of nitrogens with zero attached hydrogens (tertiary/aromatic N) is 1. The first-order chi connectivity index (χ1) is 13.3. The molecule has 28 heavy (non-hydrogen) atoms. The zero-order valence-corrected chi connectivity index (χ0v) is 19.0. The van der Waals surface area contributed by atoms with E-state index in [1.165, 1.54) is 16.5 Å². The summed E-state index contributed by atoms with van der Waals surface area (Å²) in [4.78, 5) is 8.10. The normalized spacial score (nSPS) is 19.6. The fourth-order valence-corrected chi connectivity index (χ4v) is 3.70. The number of aliphatic imine (C=N–C) groups is 1. The number of benzene rings is 1. The van der Waals surface area contributed by atoms with E-state index in [-0.39, 0.29) is 36.0 Å². The van der Waals surface area contributed by atoms with Crippen LogP contribution < -0.4 is 10.6 Å². The molecule has 1 saturated heterocycles. The standard InChI is InChI=1S/C21H32N4O2.HI/c1-2-22-20(25-15-21(9-12-26)10-13-27-16-21)23-11-5-6-17-14-24-19-8-4-3-7-18(17)19;/h3-4,7-8,14,24,26H,2,5-6,9-13,15-16H2,1H3,(H2,22,23,25);1H. The van der Waals surface area contributed by atoms with Gasteiger partial charge in [-0.05, 0) is 44.2 Å². The van der Waals surface area contributed by atoms with Crippen LogP contribution in [0.2, 0.25) is 0 Å². The number of ether oxygens (including phenoxy) is 1. The number of guanidine groups is 1. The van der Waals surface area contributed by atoms with Gasteiger partial charge in [-0.1, -0.05) is 18.2 Å². The summed E-state index contributed by atoms with van der Waals surface area (Å²) in [5.41, 5.74) is 2.55. The molecule has 0 radical (unpaired) electrons. The van der Waals surface area contributed by atoms with Crippen LogP contribution in [0.3, 0.4) is 0 Å². The van der Waals surface area contributed by atoms with Gasteiger partial charge in [-0.15, -0.1) is 24.0 Å². The third-order valence-corrected chi connectivity index (χ3v) is 5.33. The highest BCUT2D eigenvalue weighted by Crippen LogP contribution is 2.32. The van der Waals surface area contributed by atoms with Gasteiger partial charge in [0.05, 0.1) is 13.2 Å². The predicted octanol–water partition coefficient (Wildman–Crippen LogP) is 3.06. The largest absolute Gasteiger partial charge is 0.396 e. The van der Waals surface area contributed by atoms with Gasteiger partial charge in [0.2, 0.25) is 0 Å². The molecule has 156 valence electrons. The highest BCUT2D eigenvalue weighted by Gasteiger charge is 2.34. The van der Waals surface area contributed by atoms with Crippen LogP contribution in [-0.4, -0.2) is 55.5 Å². The molecule has 0 bridgehead atoms. The maximum Gasteiger partial charge on any atom is 0.191 e. The molecule has 0 aliphatic carbocycles. The van der Waals surface area contributed by atoms with Crippen molar-refractivity contribution in [2.75, 3.05) is 39.5 Å². The van der Waals surface area contributed by atoms with Gasteiger partial charge in [-0.2, -0.15) is 0 Å². The highest BCUT2D eigenvalue weighted by atomic mass is 127. The minimum atomic E-state index is -0.0128. The van der Waals surface area contributed by atoms with Crippen LogP contribution >= 0.6 is 24.0 Å². The molecule has 0 spiro atoms. The second-order valence-corrected chi connectivity index (χ2v) is 7.36. The summed E-state index contributed by atoms with van der Waals surface area (Å²) in [5, 5.41) is 17.4. The van der Waals surface area contributed by atoms with Gasteiger partial charge in [-0.25, -0.2) is 0 Å². The van der Waals surface area contributed by atoms with Gasteiger partial charge in [0.15, 0.2) is 5.96 Å². The molecule has 7 heteroatoms. The quantitative estimate of drug-likeness (QED) is 0.185. The first-order valence-corrected chi connectivity index (χ1v) is 10.0. The number of aliphatic hydroxyl groups excluding tert-OH is 1. The van der Waals surface area contributed by atoms with E-state index in [1.54, 1.807) is 0 Å². The lowest BCUT2D eigenvalue weighted by Gasteiger charge is -2.24. The van der Waals surface area contributed by atoms with E-state index in [1.807, 2.05) is 0 Å². The molecule has 1 aliphatic heterocycles. The monoisotopic (exact) mass is 500 g/mol. The Labute approximate surface area is 184 Å². The van der Waals surface area contributed by atoms with E-state index in [4.69, 9.17) is 9.73 Å². The van der Waals surface area contributed by atoms with Crippen molar-refractivity contribution in [3.05, 3.63) is 36.0 Å². The minimum absolute atomic E-state index is 0. The SMILES string of the molecule is CCNC(=NCC1(CCO)CCOC1)NCCCc1c[nH]c2ccccc12.I. The maximum absolute atomic E-state index is 9.36. The molecule has 1 atom stereocenters. The van der Waals surface area contributed by atoms with E-state index in [0.717, 1.165) is 51.3 Å². The van der Waals surface area contributed by atoms with Crippen molar-refractivity contribution in [3.8, 4) is 0 Å². The van der Waals surface area contributed by atoms with E-state index >= 15 is 0 Å². The van der Waals surface area contributed by atoms with Gasteiger partial charge in [0.1, 0.15) is 0 Å². The van der Waals surface area contributed by atoms with Crippen LogP contribution in [0.4, 0.5) is 0 Å². The van der Waals surface area contributed by atoms with Crippen molar-refractivity contribution in [1.82, 2.24) is 15.6 Å². The van der Waals surface area contributed by atoms with Crippen LogP contribution in [-0.2, 0) is 11.2 Å². The Morgan fingerprint density at radius 1 is 1.32 bits per heavy atom. The number of halogens is 1. The highest BCUT2D eigenvalue weighted by molar-refractivity contribution is 14.0. The van der Waals surface area contributed by atoms with Crippen LogP contribution in [0.15, 0.2) is 35.5 Å². The minimum Gasteiger partial charge on any atom is -0.396 e. The maximum atomic E-state index is 9.36. The van der Waals surface area contributed by atoms with Crippen LogP contribution in [0.5, 0.6) is 0 Å². The summed E-state index contributed by atoms with van der Waals surface area (Å²) >= 11 is 0. The summed E-state index contributed by atoms with van der Waals surface area (Å²) in [7, 11) is 0. The summed E-state index contributed by atoms with van der Waals surface area (Å²) in [6, 6.07) is 8.43. The second-order valence-electron chi connectivity index (χ2n) is 7.36. The summed E-state index contributed by atoms with van der Waals surface area (Å²) in [6.07, 6.45) is 5.89. The summed E-state index contributed by atoms with van der Waals surface area (Å²) in [6.45, 7) is 6.11. The molecule has 3 rings (SSSR count). The molecular weight excluding hydrogens is 467 g/mol. The van der Waals surface area contributed by atoms with Gasteiger partial charge in [-0.3, -0.25) is 4.99 Å². The molecule has 1 aromatic heterocycles. The molecule has 6 nitrogen and oxygen atoms in total. The number of nitrogens with one attached hydrogen (secondary N) is 3. The number of aromatic nitrogens is 1. The van der Waals surface area contributed by atoms with Crippen molar-refractivity contribution in [1.29, 1.82) is 0 Å². The second kappa shape index (κ2) is 11.6. The van der Waals surface area contributed by atoms with Crippen LogP contribution in [0.25, 0.3) is 10.9 Å². The number of aryl methyl sites for hydroxylation is 1. The van der Waals surface area contributed by atoms with Gasteiger partial charge in [0, 0.05) is 48.8 Å². The van der Waals surface area contributed by atoms with Crippen molar-refractivity contribution in [2.24, 2.45) is 10.4 Å². The fraction of sp³-hybridized carbons (Fsp3) is 0.571. The van der Waals surface area contributed by atoms with Crippen molar-refractivity contribution in [3.63, 3.8) is 0 Å². The Hall–Kier alpha value is -1.32. The van der Waals surface area contributed by atoms with Gasteiger partial charge >= 0.3 is 0 Å². The van der Waals surface area contributed by atoms with E-state index in [0.29, 0.717) is 13.2 Å². The lowest BCUT2D eigenvalue weighted by Crippen LogP contribution is -2.39. The Bertz CT molecular complexity index is 741. The molecule has 1 unspecified atom stereocenters. The first kappa shape index (κ1) is 23.0. The zero-order valence-electron chi connectivity index (χ0n) is 16.7. The molecule has 0 saturated carbocycles. The number of rotatable bonds is 9. The number of hydrogen-bond acceptors (Lipinski definition) is 3. The fourth-order valence-electron chi connectivity index (χ4n) is 3.70. The molecule has 2 aromatic rings. The smallest absolute Gasteiger partial charge is 0.191 e. The van der Waals surface area contributed by atoms with Crippen LogP contribution in [0.1, 0.15) is 31.7 Å². The number of fused-ring (bicyclic) bond motifs is 1. The average Bonchev–Trinajstić information content (AvgIpc) is 3.31. The summed E-state index contributed by atoms with van der Waals surface area (Å²) < 4.78 is 5.56. The number of H-pyrrole nitrogens is 1. The summed E-state index contributed by atoms with van der Waals surface area (Å²) in [5.74, 6) is 0.848. The Kier molecular flexibility index (Phi) is 9.53. The lowest BCUT2D eigenvalue weighted by molar-refractivity contribution is 0.131. The average molecular weight is 500 g/mol. The molecule has 1 fully saturated rings. The molecule has 4 N–H and O–H groups in total. The van der Waals surface area contributed by atoms with E-state index in [2.05, 4.69) is 53.0 Å². The molecular formula is C21H33IN4O2. The zero-order chi connectivity index (χ0) is 19.0. The Morgan fingerprint density at radius 2 is 2.18 bits per heavy atom. The topological polar surface area (TPSA) is 81.7 Å². The van der Waals surface area contributed by atoms with Gasteiger partial charge in [0.25, 0.3) is 0 Å². The Morgan fingerprint density at radius 3 is 2.93 bits per heavy atom. The van der Waals surface area contributed by atoms with E-state index < -0.39 is 0 Å². The number of aromatic amines is 1. The van der Waals surface area contributed by atoms with Crippen molar-refractivity contribution in [2.45, 2.75) is 32.6 Å². The molecule has 1 aliphatic rings. The molecule has 2 heterocycles. The van der Waals surface area contributed by atoms with Gasteiger partial charge < -0.3 is 25.5 Å². The third-order valence-electron chi connectivity index (χ3n) is 5.33.